The van der Waals surface area contributed by atoms with Gasteiger partial charge in [-0.2, -0.15) is 9.78 Å². The number of para-hydroxylation sites is 1. The van der Waals surface area contributed by atoms with Crippen molar-refractivity contribution in [3.05, 3.63) is 79.5 Å². The summed E-state index contributed by atoms with van der Waals surface area (Å²) in [6, 6.07) is 15.9. The van der Waals surface area contributed by atoms with Crippen LogP contribution in [0, 0.1) is 0 Å². The number of halogens is 2. The summed E-state index contributed by atoms with van der Waals surface area (Å²) in [5.41, 5.74) is 1.26. The van der Waals surface area contributed by atoms with Crippen molar-refractivity contribution in [3.63, 3.8) is 0 Å². The van der Waals surface area contributed by atoms with Gasteiger partial charge in [0.15, 0.2) is 23.9 Å². The molecule has 5 rings (SSSR count). The first kappa shape index (κ1) is 29.3. The minimum absolute atomic E-state index is 0.211. The molecule has 0 aliphatic rings. The van der Waals surface area contributed by atoms with E-state index in [1.165, 1.54) is 10.9 Å². The van der Waals surface area contributed by atoms with E-state index in [9.17, 15) is 9.59 Å². The number of furan rings is 1. The van der Waals surface area contributed by atoms with Crippen LogP contribution in [0.2, 0.25) is 0 Å². The largest absolute Gasteiger partial charge is 0.496 e. The molecule has 0 amide bonds. The number of ether oxygens (including phenoxy) is 4. The van der Waals surface area contributed by atoms with Crippen LogP contribution in [0.1, 0.15) is 19.4 Å². The molecule has 216 valence electrons. The lowest BCUT2D eigenvalue weighted by molar-refractivity contribution is -0.145. The van der Waals surface area contributed by atoms with Crippen LogP contribution in [0.15, 0.2) is 77.9 Å². The van der Waals surface area contributed by atoms with E-state index >= 15 is 0 Å². The first-order valence-electron chi connectivity index (χ1n) is 12.9. The zero-order valence-corrected chi connectivity index (χ0v) is 26.0. The molecule has 0 saturated carbocycles. The molecule has 0 N–H and O–H groups in total. The van der Waals surface area contributed by atoms with Gasteiger partial charge in [-0.05, 0) is 82.1 Å². The van der Waals surface area contributed by atoms with Crippen LogP contribution >= 0.6 is 31.9 Å². The molecule has 0 atom stereocenters. The first-order chi connectivity index (χ1) is 20.4. The number of methoxy groups -OCH3 is 1. The number of aromatic nitrogens is 2. The van der Waals surface area contributed by atoms with Crippen LogP contribution < -0.4 is 19.8 Å². The topological polar surface area (TPSA) is 114 Å². The fourth-order valence-electron chi connectivity index (χ4n) is 4.26. The Labute approximate surface area is 257 Å². The van der Waals surface area contributed by atoms with Crippen LogP contribution in [0.5, 0.6) is 17.2 Å². The Bertz CT molecular complexity index is 1880. The molecular formula is C30H25Br2N3O7. The first-order valence-corrected chi connectivity index (χ1v) is 14.5. The number of carbonyl (C=O) groups is 1. The Balaban J connectivity index is 1.63. The van der Waals surface area contributed by atoms with Crippen molar-refractivity contribution in [1.29, 1.82) is 0 Å². The molecule has 5 aromatic rings. The molecule has 2 aromatic heterocycles. The SMILES string of the molecule is CCOC(=O)COc1c(OCC)cc(C=Nn2c(-c3cc4c(OC)cccc4o3)nc3ccccc3c2=O)c(Br)c1Br. The van der Waals surface area contributed by atoms with Gasteiger partial charge in [0.1, 0.15) is 11.3 Å². The Morgan fingerprint density at radius 1 is 1.00 bits per heavy atom. The maximum absolute atomic E-state index is 13.7. The van der Waals surface area contributed by atoms with E-state index in [1.54, 1.807) is 44.4 Å². The van der Waals surface area contributed by atoms with Crippen LogP contribution in [0.3, 0.4) is 0 Å². The highest BCUT2D eigenvalue weighted by atomic mass is 79.9. The molecule has 0 radical (unpaired) electrons. The van der Waals surface area contributed by atoms with Crippen molar-refractivity contribution in [2.24, 2.45) is 5.10 Å². The molecule has 0 unspecified atom stereocenters. The molecule has 0 aliphatic heterocycles. The van der Waals surface area contributed by atoms with E-state index in [4.69, 9.17) is 28.3 Å². The van der Waals surface area contributed by atoms with Gasteiger partial charge in [-0.25, -0.2) is 9.78 Å². The molecule has 42 heavy (non-hydrogen) atoms. The molecular weight excluding hydrogens is 674 g/mol. The van der Waals surface area contributed by atoms with E-state index in [2.05, 4.69) is 37.0 Å². The third kappa shape index (κ3) is 5.77. The van der Waals surface area contributed by atoms with Crippen molar-refractivity contribution in [1.82, 2.24) is 9.66 Å². The number of carbonyl (C=O) groups excluding carboxylic acids is 1. The number of hydrogen-bond donors (Lipinski definition) is 0. The van der Waals surface area contributed by atoms with Crippen LogP contribution in [-0.4, -0.2) is 48.8 Å². The summed E-state index contributed by atoms with van der Waals surface area (Å²) >= 11 is 7.09. The fourth-order valence-corrected chi connectivity index (χ4v) is 5.20. The second-order valence-corrected chi connectivity index (χ2v) is 10.3. The number of esters is 1. The molecule has 0 bridgehead atoms. The molecule has 10 nitrogen and oxygen atoms in total. The van der Waals surface area contributed by atoms with E-state index in [0.717, 1.165) is 5.39 Å². The average molecular weight is 699 g/mol. The highest BCUT2D eigenvalue weighted by molar-refractivity contribution is 9.13. The van der Waals surface area contributed by atoms with Gasteiger partial charge in [0.2, 0.25) is 5.82 Å². The highest BCUT2D eigenvalue weighted by Gasteiger charge is 2.20. The lowest BCUT2D eigenvalue weighted by atomic mass is 10.2. The zero-order valence-electron chi connectivity index (χ0n) is 22.9. The predicted octanol–water partition coefficient (Wildman–Crippen LogP) is 6.57. The van der Waals surface area contributed by atoms with Crippen molar-refractivity contribution < 1.29 is 28.2 Å². The van der Waals surface area contributed by atoms with E-state index in [-0.39, 0.29) is 24.6 Å². The second kappa shape index (κ2) is 12.8. The Kier molecular flexibility index (Phi) is 8.93. The Morgan fingerprint density at radius 2 is 1.81 bits per heavy atom. The number of benzene rings is 3. The average Bonchev–Trinajstić information content (AvgIpc) is 3.43. The predicted molar refractivity (Wildman–Crippen MR) is 166 cm³/mol. The van der Waals surface area contributed by atoms with Gasteiger partial charge in [0.05, 0.1) is 47.3 Å². The summed E-state index contributed by atoms with van der Waals surface area (Å²) in [6.45, 7) is 3.84. The molecule has 0 saturated heterocycles. The fraction of sp³-hybridized carbons (Fsp3) is 0.200. The monoisotopic (exact) mass is 697 g/mol. The quantitative estimate of drug-likeness (QED) is 0.119. The summed E-state index contributed by atoms with van der Waals surface area (Å²) in [4.78, 5) is 30.3. The van der Waals surface area contributed by atoms with Gasteiger partial charge in [-0.1, -0.05) is 18.2 Å². The summed E-state index contributed by atoms with van der Waals surface area (Å²) in [7, 11) is 1.58. The van der Waals surface area contributed by atoms with E-state index < -0.39 is 5.97 Å². The minimum Gasteiger partial charge on any atom is -0.496 e. The summed E-state index contributed by atoms with van der Waals surface area (Å²) in [6.07, 6.45) is 1.50. The number of hydrogen-bond acceptors (Lipinski definition) is 9. The minimum atomic E-state index is -0.507. The maximum atomic E-state index is 13.7. The third-order valence-electron chi connectivity index (χ3n) is 6.12. The van der Waals surface area contributed by atoms with Crippen LogP contribution in [0.4, 0.5) is 0 Å². The summed E-state index contributed by atoms with van der Waals surface area (Å²) < 4.78 is 30.3. The van der Waals surface area contributed by atoms with Crippen molar-refractivity contribution in [3.8, 4) is 28.8 Å². The Hall–Kier alpha value is -4.16. The third-order valence-corrected chi connectivity index (χ3v) is 8.27. The van der Waals surface area contributed by atoms with Gasteiger partial charge in [-0.15, -0.1) is 0 Å². The van der Waals surface area contributed by atoms with E-state index in [0.29, 0.717) is 60.6 Å². The summed E-state index contributed by atoms with van der Waals surface area (Å²) in [5, 5.41) is 5.68. The maximum Gasteiger partial charge on any atom is 0.344 e. The lowest BCUT2D eigenvalue weighted by Gasteiger charge is -2.16. The van der Waals surface area contributed by atoms with Crippen LogP contribution in [0.25, 0.3) is 33.5 Å². The molecule has 0 aliphatic carbocycles. The molecule has 3 aromatic carbocycles. The van der Waals surface area contributed by atoms with Gasteiger partial charge < -0.3 is 23.4 Å². The molecule has 2 heterocycles. The molecule has 12 heteroatoms. The van der Waals surface area contributed by atoms with Gasteiger partial charge in [0, 0.05) is 10.0 Å². The smallest absolute Gasteiger partial charge is 0.344 e. The summed E-state index contributed by atoms with van der Waals surface area (Å²) in [5.74, 6) is 1.35. The molecule has 0 fully saturated rings. The van der Waals surface area contributed by atoms with Gasteiger partial charge in [0.25, 0.3) is 5.56 Å². The number of fused-ring (bicyclic) bond motifs is 2. The van der Waals surface area contributed by atoms with Gasteiger partial charge in [-0.3, -0.25) is 4.79 Å². The standard InChI is InChI=1S/C30H25Br2N3O7/c1-4-39-23-13-17(26(31)27(32)28(23)41-16-25(36)40-5-2)15-33-35-29(34-20-10-7-6-9-18(20)30(35)37)24-14-19-21(38-3)11-8-12-22(19)42-24/h6-15H,4-5,16H2,1-3H3. The highest BCUT2D eigenvalue weighted by Crippen LogP contribution is 2.42. The zero-order chi connectivity index (χ0) is 29.8. The van der Waals surface area contributed by atoms with Crippen LogP contribution in [-0.2, 0) is 9.53 Å². The second-order valence-electron chi connectivity index (χ2n) is 8.74. The van der Waals surface area contributed by atoms with Crippen molar-refractivity contribution >= 4 is 65.9 Å². The lowest BCUT2D eigenvalue weighted by Crippen LogP contribution is -2.20. The number of nitrogens with zero attached hydrogens (tertiary/aromatic N) is 3. The van der Waals surface area contributed by atoms with E-state index in [1.807, 2.05) is 31.2 Å². The van der Waals surface area contributed by atoms with Crippen molar-refractivity contribution in [2.75, 3.05) is 26.9 Å². The molecule has 0 spiro atoms. The van der Waals surface area contributed by atoms with Gasteiger partial charge >= 0.3 is 5.97 Å². The normalized spacial score (nSPS) is 11.4. The number of rotatable bonds is 10. The van der Waals surface area contributed by atoms with Crippen molar-refractivity contribution in [2.45, 2.75) is 13.8 Å². The Morgan fingerprint density at radius 3 is 2.57 bits per heavy atom.